The van der Waals surface area contributed by atoms with Crippen LogP contribution in [0.15, 0.2) is 66.7 Å². The standard InChI is InChI=1S/C34H43F2N3O4S/c1-33(2,3)25-11-9-12-26(20-25)34(14-6-5-7-15-34)37-22-31(40)30(18-23-16-27(35)21-28(36)17-23)38-32(41)24-10-8-13-29(19-24)39-44(4,42)43/h8-13,16-17,19-21,30-31,37,39-40H,5-7,14-15,18,22H2,1-4H3,(H,38,41)/t30-,31+/m0/s1. The molecule has 3 aromatic carbocycles. The number of carbonyl (C=O) groups is 1. The van der Waals surface area contributed by atoms with Gasteiger partial charge in [0.15, 0.2) is 0 Å². The molecule has 0 radical (unpaired) electrons. The minimum atomic E-state index is -3.56. The van der Waals surface area contributed by atoms with Crippen LogP contribution in [0, 0.1) is 11.6 Å². The van der Waals surface area contributed by atoms with E-state index in [1.54, 1.807) is 0 Å². The van der Waals surface area contributed by atoms with Crippen molar-refractivity contribution in [2.75, 3.05) is 17.5 Å². The molecule has 0 aliphatic heterocycles. The second kappa shape index (κ2) is 13.7. The smallest absolute Gasteiger partial charge is 0.251 e. The Morgan fingerprint density at radius 3 is 2.25 bits per heavy atom. The van der Waals surface area contributed by atoms with E-state index in [1.165, 1.54) is 42.0 Å². The highest BCUT2D eigenvalue weighted by atomic mass is 32.2. The Morgan fingerprint density at radius 1 is 0.955 bits per heavy atom. The minimum absolute atomic E-state index is 0.0307. The molecular formula is C34H43F2N3O4S. The number of hydrogen-bond acceptors (Lipinski definition) is 5. The van der Waals surface area contributed by atoms with E-state index in [0.717, 1.165) is 50.0 Å². The van der Waals surface area contributed by atoms with Gasteiger partial charge in [0.25, 0.3) is 5.91 Å². The maximum atomic E-state index is 14.1. The molecule has 1 aliphatic rings. The fraction of sp³-hybridized carbons (Fsp3) is 0.441. The van der Waals surface area contributed by atoms with E-state index in [-0.39, 0.29) is 40.7 Å². The van der Waals surface area contributed by atoms with Gasteiger partial charge in [0.1, 0.15) is 11.6 Å². The second-order valence-electron chi connectivity index (χ2n) is 12.9. The topological polar surface area (TPSA) is 108 Å². The quantitative estimate of drug-likeness (QED) is 0.216. The van der Waals surface area contributed by atoms with E-state index in [2.05, 4.69) is 60.4 Å². The fourth-order valence-corrected chi connectivity index (χ4v) is 6.46. The molecule has 1 saturated carbocycles. The molecule has 44 heavy (non-hydrogen) atoms. The molecule has 4 rings (SSSR count). The van der Waals surface area contributed by atoms with Gasteiger partial charge in [0.05, 0.1) is 18.4 Å². The van der Waals surface area contributed by atoms with E-state index >= 15 is 0 Å². The van der Waals surface area contributed by atoms with Crippen LogP contribution in [0.5, 0.6) is 0 Å². The van der Waals surface area contributed by atoms with E-state index in [0.29, 0.717) is 0 Å². The van der Waals surface area contributed by atoms with Crippen molar-refractivity contribution < 1.29 is 27.1 Å². The number of anilines is 1. The second-order valence-corrected chi connectivity index (χ2v) is 14.7. The molecule has 0 heterocycles. The number of aliphatic hydroxyl groups excluding tert-OH is 1. The van der Waals surface area contributed by atoms with Gasteiger partial charge in [-0.05, 0) is 71.7 Å². The first-order valence-electron chi connectivity index (χ1n) is 15.0. The van der Waals surface area contributed by atoms with Crippen molar-refractivity contribution in [3.63, 3.8) is 0 Å². The molecule has 3 aromatic rings. The van der Waals surface area contributed by atoms with Gasteiger partial charge in [-0.2, -0.15) is 0 Å². The summed E-state index contributed by atoms with van der Waals surface area (Å²) < 4.78 is 53.9. The maximum Gasteiger partial charge on any atom is 0.251 e. The number of halogens is 2. The average Bonchev–Trinajstić information content (AvgIpc) is 2.94. The zero-order chi connectivity index (χ0) is 32.1. The predicted molar refractivity (Wildman–Crippen MR) is 170 cm³/mol. The minimum Gasteiger partial charge on any atom is -0.390 e. The molecule has 1 aliphatic carbocycles. The Labute approximate surface area is 259 Å². The third kappa shape index (κ3) is 9.09. The number of amides is 1. The molecule has 4 N–H and O–H groups in total. The summed E-state index contributed by atoms with van der Waals surface area (Å²) in [5.74, 6) is -2.07. The number of sulfonamides is 1. The van der Waals surface area contributed by atoms with Crippen molar-refractivity contribution in [1.82, 2.24) is 10.6 Å². The van der Waals surface area contributed by atoms with Crippen molar-refractivity contribution in [3.8, 4) is 0 Å². The van der Waals surface area contributed by atoms with Gasteiger partial charge in [0.2, 0.25) is 10.0 Å². The maximum absolute atomic E-state index is 14.1. The normalized spacial score (nSPS) is 16.6. The Balaban J connectivity index is 1.59. The van der Waals surface area contributed by atoms with E-state index < -0.39 is 39.7 Å². The summed E-state index contributed by atoms with van der Waals surface area (Å²) >= 11 is 0. The van der Waals surface area contributed by atoms with Crippen molar-refractivity contribution >= 4 is 21.6 Å². The predicted octanol–water partition coefficient (Wildman–Crippen LogP) is 5.79. The molecule has 1 fully saturated rings. The van der Waals surface area contributed by atoms with Gasteiger partial charge in [-0.1, -0.05) is 70.4 Å². The highest BCUT2D eigenvalue weighted by Crippen LogP contribution is 2.38. The first-order valence-corrected chi connectivity index (χ1v) is 16.9. The van der Waals surface area contributed by atoms with Gasteiger partial charge < -0.3 is 15.7 Å². The van der Waals surface area contributed by atoms with Crippen LogP contribution in [0.3, 0.4) is 0 Å². The van der Waals surface area contributed by atoms with Crippen LogP contribution in [-0.2, 0) is 27.4 Å². The Bertz CT molecular complexity index is 1550. The molecule has 0 spiro atoms. The molecule has 0 aromatic heterocycles. The van der Waals surface area contributed by atoms with Crippen LogP contribution >= 0.6 is 0 Å². The number of carbonyl (C=O) groups excluding carboxylic acids is 1. The molecule has 238 valence electrons. The summed E-state index contributed by atoms with van der Waals surface area (Å²) in [7, 11) is -3.56. The third-order valence-corrected chi connectivity index (χ3v) is 8.83. The molecule has 1 amide bonds. The molecule has 2 atom stereocenters. The number of benzene rings is 3. The fourth-order valence-electron chi connectivity index (χ4n) is 5.90. The first-order chi connectivity index (χ1) is 20.6. The number of nitrogens with one attached hydrogen (secondary N) is 3. The molecule has 10 heteroatoms. The van der Waals surface area contributed by atoms with E-state index in [1.807, 2.05) is 0 Å². The number of aliphatic hydroxyl groups is 1. The average molecular weight is 628 g/mol. The number of hydrogen-bond donors (Lipinski definition) is 4. The van der Waals surface area contributed by atoms with Crippen LogP contribution in [0.2, 0.25) is 0 Å². The molecule has 0 bridgehead atoms. The lowest BCUT2D eigenvalue weighted by atomic mass is 9.74. The Kier molecular flexibility index (Phi) is 10.5. The van der Waals surface area contributed by atoms with Crippen LogP contribution in [0.1, 0.15) is 79.9 Å². The van der Waals surface area contributed by atoms with Gasteiger partial charge in [-0.3, -0.25) is 9.52 Å². The largest absolute Gasteiger partial charge is 0.390 e. The molecule has 0 saturated heterocycles. The zero-order valence-corrected chi connectivity index (χ0v) is 26.6. The Hall–Kier alpha value is -3.34. The van der Waals surface area contributed by atoms with Crippen LogP contribution in [0.4, 0.5) is 14.5 Å². The van der Waals surface area contributed by atoms with E-state index in [4.69, 9.17) is 0 Å². The SMILES string of the molecule is CC(C)(C)c1cccc(C2(NC[C@@H](O)[C@H](Cc3cc(F)cc(F)c3)NC(=O)c3cccc(NS(C)(=O)=O)c3)CCCCC2)c1. The van der Waals surface area contributed by atoms with E-state index in [9.17, 15) is 27.1 Å². The van der Waals surface area contributed by atoms with Gasteiger partial charge in [0, 0.05) is 29.4 Å². The summed E-state index contributed by atoms with van der Waals surface area (Å²) in [5, 5.41) is 18.0. The van der Waals surface area contributed by atoms with Gasteiger partial charge in [-0.15, -0.1) is 0 Å². The van der Waals surface area contributed by atoms with Crippen LogP contribution in [-0.4, -0.2) is 44.4 Å². The lowest BCUT2D eigenvalue weighted by molar-refractivity contribution is 0.0788. The lowest BCUT2D eigenvalue weighted by Crippen LogP contribution is -2.53. The third-order valence-electron chi connectivity index (χ3n) is 8.22. The summed E-state index contributed by atoms with van der Waals surface area (Å²) in [6.45, 7) is 6.64. The molecule has 0 unspecified atom stereocenters. The summed E-state index contributed by atoms with van der Waals surface area (Å²) in [4.78, 5) is 13.4. The van der Waals surface area contributed by atoms with Gasteiger partial charge >= 0.3 is 0 Å². The number of rotatable bonds is 11. The Morgan fingerprint density at radius 2 is 1.61 bits per heavy atom. The highest BCUT2D eigenvalue weighted by molar-refractivity contribution is 7.92. The van der Waals surface area contributed by atoms with Crippen molar-refractivity contribution in [3.05, 3.63) is 101 Å². The monoisotopic (exact) mass is 627 g/mol. The van der Waals surface area contributed by atoms with Crippen molar-refractivity contribution in [2.24, 2.45) is 0 Å². The zero-order valence-electron chi connectivity index (χ0n) is 25.8. The van der Waals surface area contributed by atoms with Gasteiger partial charge in [-0.25, -0.2) is 17.2 Å². The summed E-state index contributed by atoms with van der Waals surface area (Å²) in [5.41, 5.74) is 2.62. The molecular weight excluding hydrogens is 584 g/mol. The van der Waals surface area contributed by atoms with Crippen LogP contribution < -0.4 is 15.4 Å². The summed E-state index contributed by atoms with van der Waals surface area (Å²) in [6.07, 6.45) is 4.83. The molecule has 7 nitrogen and oxygen atoms in total. The van der Waals surface area contributed by atoms with Crippen molar-refractivity contribution in [2.45, 2.75) is 82.4 Å². The van der Waals surface area contributed by atoms with Crippen molar-refractivity contribution in [1.29, 1.82) is 0 Å². The summed E-state index contributed by atoms with van der Waals surface area (Å²) in [6, 6.07) is 16.7. The van der Waals surface area contributed by atoms with Crippen LogP contribution in [0.25, 0.3) is 0 Å². The first kappa shape index (κ1) is 33.6. The lowest BCUT2D eigenvalue weighted by Gasteiger charge is -2.41. The highest BCUT2D eigenvalue weighted by Gasteiger charge is 2.35.